The van der Waals surface area contributed by atoms with Gasteiger partial charge in [0.25, 0.3) is 0 Å². The molecular weight excluding hydrogens is 452 g/mol. The predicted molar refractivity (Wildman–Crippen MR) is 125 cm³/mol. The zero-order valence-corrected chi connectivity index (χ0v) is 19.9. The largest absolute Gasteiger partial charge is 0.325 e. The number of rotatable bonds is 6. The van der Waals surface area contributed by atoms with Gasteiger partial charge in [0.05, 0.1) is 10.6 Å². The lowest BCUT2D eigenvalue weighted by atomic mass is 10.2. The van der Waals surface area contributed by atoms with Crippen LogP contribution < -0.4 is 5.32 Å². The maximum atomic E-state index is 12.7. The lowest BCUT2D eigenvalue weighted by Gasteiger charge is -2.25. The van der Waals surface area contributed by atoms with Gasteiger partial charge >= 0.3 is 0 Å². The molecule has 1 fully saturated rings. The molecule has 1 saturated heterocycles. The maximum Gasteiger partial charge on any atom is 0.243 e. The molecule has 7 nitrogen and oxygen atoms in total. The van der Waals surface area contributed by atoms with Crippen molar-refractivity contribution in [3.8, 4) is 0 Å². The second kappa shape index (κ2) is 9.23. The number of aromatic nitrogens is 2. The Morgan fingerprint density at radius 1 is 1.13 bits per heavy atom. The van der Waals surface area contributed by atoms with Gasteiger partial charge in [-0.3, -0.25) is 4.79 Å². The Hall–Kier alpha value is -2.01. The summed E-state index contributed by atoms with van der Waals surface area (Å²) in [6.45, 7) is 5.23. The lowest BCUT2D eigenvalue weighted by molar-refractivity contribution is -0.113. The van der Waals surface area contributed by atoms with Crippen molar-refractivity contribution in [1.29, 1.82) is 0 Å². The number of nitrogens with one attached hydrogen (secondary N) is 1. The molecule has 1 N–H and O–H groups in total. The summed E-state index contributed by atoms with van der Waals surface area (Å²) in [5, 5.41) is 4.63. The normalized spacial score (nSPS) is 15.3. The fourth-order valence-corrected chi connectivity index (χ4v) is 6.99. The van der Waals surface area contributed by atoms with E-state index in [2.05, 4.69) is 22.2 Å². The van der Waals surface area contributed by atoms with Crippen molar-refractivity contribution < 1.29 is 13.2 Å². The smallest absolute Gasteiger partial charge is 0.243 e. The van der Waals surface area contributed by atoms with E-state index in [1.54, 1.807) is 35.6 Å². The molecule has 0 saturated carbocycles. The first-order valence-electron chi connectivity index (χ1n) is 10.1. The molecule has 0 radical (unpaired) electrons. The molecule has 0 spiro atoms. The van der Waals surface area contributed by atoms with E-state index >= 15 is 0 Å². The van der Waals surface area contributed by atoms with Crippen LogP contribution in [0.2, 0.25) is 0 Å². The summed E-state index contributed by atoms with van der Waals surface area (Å²) in [5.41, 5.74) is 1.72. The van der Waals surface area contributed by atoms with Crippen LogP contribution in [0.1, 0.15) is 29.7 Å². The van der Waals surface area contributed by atoms with E-state index < -0.39 is 10.0 Å². The Balaban J connectivity index is 1.39. The van der Waals surface area contributed by atoms with Gasteiger partial charge in [-0.2, -0.15) is 4.31 Å². The number of hydrogen-bond acceptors (Lipinski definition) is 7. The number of piperidine rings is 1. The van der Waals surface area contributed by atoms with Gasteiger partial charge in [0.1, 0.15) is 16.2 Å². The molecule has 31 heavy (non-hydrogen) atoms. The topological polar surface area (TPSA) is 92.3 Å². The Kier molecular flexibility index (Phi) is 6.61. The number of aryl methyl sites for hydroxylation is 2. The molecule has 1 aromatic carbocycles. The van der Waals surface area contributed by atoms with Crippen molar-refractivity contribution >= 4 is 54.9 Å². The lowest BCUT2D eigenvalue weighted by Crippen LogP contribution is -2.35. The van der Waals surface area contributed by atoms with Crippen molar-refractivity contribution in [2.75, 3.05) is 24.2 Å². The number of amides is 1. The number of carbonyl (C=O) groups is 1. The van der Waals surface area contributed by atoms with E-state index in [4.69, 9.17) is 0 Å². The first-order chi connectivity index (χ1) is 14.9. The zero-order chi connectivity index (χ0) is 22.0. The van der Waals surface area contributed by atoms with Crippen molar-refractivity contribution in [3.05, 3.63) is 41.0 Å². The van der Waals surface area contributed by atoms with Crippen LogP contribution in [-0.2, 0) is 14.8 Å². The highest BCUT2D eigenvalue weighted by Crippen LogP contribution is 2.34. The quantitative estimate of drug-likeness (QED) is 0.423. The summed E-state index contributed by atoms with van der Waals surface area (Å²) >= 11 is 3.00. The third-order valence-corrected chi connectivity index (χ3v) is 9.38. The second-order valence-electron chi connectivity index (χ2n) is 7.47. The molecule has 10 heteroatoms. The van der Waals surface area contributed by atoms with Crippen LogP contribution >= 0.6 is 23.1 Å². The van der Waals surface area contributed by atoms with Crippen LogP contribution in [0, 0.1) is 13.8 Å². The summed E-state index contributed by atoms with van der Waals surface area (Å²) < 4.78 is 27.0. The van der Waals surface area contributed by atoms with Gasteiger partial charge in [-0.1, -0.05) is 18.2 Å². The third-order valence-electron chi connectivity index (χ3n) is 5.36. The van der Waals surface area contributed by atoms with Crippen LogP contribution in [0.15, 0.2) is 40.5 Å². The highest BCUT2D eigenvalue weighted by molar-refractivity contribution is 8.00. The minimum absolute atomic E-state index is 0.173. The Bertz CT molecular complexity index is 1200. The van der Waals surface area contributed by atoms with Crippen LogP contribution in [0.25, 0.3) is 10.2 Å². The summed E-state index contributed by atoms with van der Waals surface area (Å²) in [7, 11) is -3.47. The molecule has 2 aromatic heterocycles. The predicted octanol–water partition coefficient (Wildman–Crippen LogP) is 4.21. The van der Waals surface area contributed by atoms with Crippen LogP contribution in [0.4, 0.5) is 5.69 Å². The van der Waals surface area contributed by atoms with Gasteiger partial charge in [-0.25, -0.2) is 18.4 Å². The van der Waals surface area contributed by atoms with Gasteiger partial charge < -0.3 is 5.32 Å². The Morgan fingerprint density at radius 3 is 2.55 bits per heavy atom. The third kappa shape index (κ3) is 4.77. The standard InChI is InChI=1S/C21H24N4O3S3/c1-14-15(2)30-21-19(14)20(22-13-23-21)29-12-18(26)24-16-6-8-17(9-7-16)31(27,28)25-10-4-3-5-11-25/h6-9,13H,3-5,10-12H2,1-2H3,(H,24,26). The van der Waals surface area contributed by atoms with E-state index in [0.29, 0.717) is 18.8 Å². The molecule has 164 valence electrons. The van der Waals surface area contributed by atoms with E-state index in [1.807, 2.05) is 6.92 Å². The summed E-state index contributed by atoms with van der Waals surface area (Å²) in [4.78, 5) is 23.5. The molecule has 3 heterocycles. The number of benzene rings is 1. The fourth-order valence-electron chi connectivity index (χ4n) is 3.56. The van der Waals surface area contributed by atoms with Gasteiger partial charge in [-0.05, 0) is 56.5 Å². The second-order valence-corrected chi connectivity index (χ2v) is 11.6. The minimum atomic E-state index is -3.47. The molecule has 1 amide bonds. The highest BCUT2D eigenvalue weighted by Gasteiger charge is 2.25. The molecule has 3 aromatic rings. The zero-order valence-electron chi connectivity index (χ0n) is 17.4. The number of sulfonamides is 1. The van der Waals surface area contributed by atoms with Crippen LogP contribution in [-0.4, -0.2) is 47.4 Å². The van der Waals surface area contributed by atoms with E-state index in [9.17, 15) is 13.2 Å². The fraction of sp³-hybridized carbons (Fsp3) is 0.381. The summed E-state index contributed by atoms with van der Waals surface area (Å²) in [6, 6.07) is 6.37. The van der Waals surface area contributed by atoms with E-state index in [0.717, 1.165) is 40.1 Å². The van der Waals surface area contributed by atoms with Gasteiger partial charge in [0, 0.05) is 29.0 Å². The minimum Gasteiger partial charge on any atom is -0.325 e. The molecule has 1 aliphatic heterocycles. The molecule has 0 aliphatic carbocycles. The molecule has 0 unspecified atom stereocenters. The van der Waals surface area contributed by atoms with Crippen LogP contribution in [0.5, 0.6) is 0 Å². The van der Waals surface area contributed by atoms with E-state index in [1.165, 1.54) is 27.3 Å². The number of hydrogen-bond donors (Lipinski definition) is 1. The van der Waals surface area contributed by atoms with Gasteiger partial charge in [-0.15, -0.1) is 11.3 Å². The number of anilines is 1. The monoisotopic (exact) mass is 476 g/mol. The van der Waals surface area contributed by atoms with Crippen LogP contribution in [0.3, 0.4) is 0 Å². The highest BCUT2D eigenvalue weighted by atomic mass is 32.2. The van der Waals surface area contributed by atoms with Crippen molar-refractivity contribution in [2.45, 2.75) is 43.0 Å². The average Bonchev–Trinajstić information content (AvgIpc) is 3.07. The molecular formula is C21H24N4O3S3. The summed E-state index contributed by atoms with van der Waals surface area (Å²) in [6.07, 6.45) is 4.39. The molecule has 0 atom stereocenters. The number of nitrogens with zero attached hydrogens (tertiary/aromatic N) is 3. The first kappa shape index (κ1) is 22.2. The number of thiophene rings is 1. The summed E-state index contributed by atoms with van der Waals surface area (Å²) in [5.74, 6) is 0.0295. The van der Waals surface area contributed by atoms with Gasteiger partial charge in [0.15, 0.2) is 0 Å². The Labute approximate surface area is 190 Å². The number of thioether (sulfide) groups is 1. The maximum absolute atomic E-state index is 12.7. The molecule has 0 bridgehead atoms. The molecule has 4 rings (SSSR count). The van der Waals surface area contributed by atoms with Crippen molar-refractivity contribution in [1.82, 2.24) is 14.3 Å². The van der Waals surface area contributed by atoms with Gasteiger partial charge in [0.2, 0.25) is 15.9 Å². The first-order valence-corrected chi connectivity index (χ1v) is 13.3. The average molecular weight is 477 g/mol. The number of carbonyl (C=O) groups excluding carboxylic acids is 1. The van der Waals surface area contributed by atoms with E-state index in [-0.39, 0.29) is 16.6 Å². The SMILES string of the molecule is Cc1sc2ncnc(SCC(=O)Nc3ccc(S(=O)(=O)N4CCCCC4)cc3)c2c1C. The number of fused-ring (bicyclic) bond motifs is 1. The van der Waals surface area contributed by atoms with Crippen molar-refractivity contribution in [3.63, 3.8) is 0 Å². The molecule has 1 aliphatic rings. The Morgan fingerprint density at radius 2 is 1.84 bits per heavy atom. The van der Waals surface area contributed by atoms with Crippen molar-refractivity contribution in [2.24, 2.45) is 0 Å².